The number of hydroxylamine groups is 1. The SMILES string of the molecule is O=C(NO)c1cccc(-c2cccc(C(=O)NCCc3cccc(Cl)c3)c2)c1. The van der Waals surface area contributed by atoms with E-state index in [1.807, 2.05) is 36.4 Å². The van der Waals surface area contributed by atoms with E-state index in [9.17, 15) is 9.59 Å². The van der Waals surface area contributed by atoms with Crippen LogP contribution in [-0.4, -0.2) is 23.6 Å². The van der Waals surface area contributed by atoms with Crippen LogP contribution in [0, 0.1) is 0 Å². The first-order valence-corrected chi connectivity index (χ1v) is 9.12. The van der Waals surface area contributed by atoms with E-state index in [1.54, 1.807) is 41.9 Å². The Morgan fingerprint density at radius 3 is 2.04 bits per heavy atom. The Labute approximate surface area is 167 Å². The number of halogens is 1. The maximum atomic E-state index is 12.5. The van der Waals surface area contributed by atoms with Gasteiger partial charge in [-0.15, -0.1) is 0 Å². The molecule has 3 aromatic rings. The highest BCUT2D eigenvalue weighted by Gasteiger charge is 2.09. The lowest BCUT2D eigenvalue weighted by Gasteiger charge is -2.09. The second-order valence-electron chi connectivity index (χ2n) is 6.24. The summed E-state index contributed by atoms with van der Waals surface area (Å²) in [7, 11) is 0. The molecule has 3 rings (SSSR count). The molecular formula is C22H19ClN2O3. The third-order valence-electron chi connectivity index (χ3n) is 4.27. The van der Waals surface area contributed by atoms with E-state index >= 15 is 0 Å². The highest BCUT2D eigenvalue weighted by atomic mass is 35.5. The maximum absolute atomic E-state index is 12.5. The lowest BCUT2D eigenvalue weighted by Crippen LogP contribution is -2.25. The van der Waals surface area contributed by atoms with Gasteiger partial charge in [0, 0.05) is 22.7 Å². The molecule has 0 unspecified atom stereocenters. The first kappa shape index (κ1) is 19.6. The van der Waals surface area contributed by atoms with E-state index in [1.165, 1.54) is 0 Å². The van der Waals surface area contributed by atoms with Crippen molar-refractivity contribution in [1.29, 1.82) is 0 Å². The van der Waals surface area contributed by atoms with Gasteiger partial charge in [-0.1, -0.05) is 48.0 Å². The summed E-state index contributed by atoms with van der Waals surface area (Å²) in [4.78, 5) is 24.1. The van der Waals surface area contributed by atoms with Crippen LogP contribution < -0.4 is 10.8 Å². The van der Waals surface area contributed by atoms with Crippen LogP contribution in [0.3, 0.4) is 0 Å². The Morgan fingerprint density at radius 1 is 0.821 bits per heavy atom. The van der Waals surface area contributed by atoms with Crippen molar-refractivity contribution in [1.82, 2.24) is 10.8 Å². The number of benzene rings is 3. The second-order valence-corrected chi connectivity index (χ2v) is 6.67. The molecule has 0 aliphatic rings. The molecule has 0 aliphatic carbocycles. The summed E-state index contributed by atoms with van der Waals surface area (Å²) in [5.41, 5.74) is 5.11. The zero-order valence-electron chi connectivity index (χ0n) is 15.0. The van der Waals surface area contributed by atoms with Crippen molar-refractivity contribution in [2.75, 3.05) is 6.54 Å². The third-order valence-corrected chi connectivity index (χ3v) is 4.51. The van der Waals surface area contributed by atoms with Gasteiger partial charge >= 0.3 is 0 Å². The first-order chi connectivity index (χ1) is 13.6. The topological polar surface area (TPSA) is 78.4 Å². The molecule has 0 spiro atoms. The Morgan fingerprint density at radius 2 is 1.43 bits per heavy atom. The monoisotopic (exact) mass is 394 g/mol. The highest BCUT2D eigenvalue weighted by Crippen LogP contribution is 2.22. The molecule has 0 radical (unpaired) electrons. The number of hydrogen-bond donors (Lipinski definition) is 3. The molecule has 0 bridgehead atoms. The van der Waals surface area contributed by atoms with Crippen molar-refractivity contribution in [3.63, 3.8) is 0 Å². The predicted octanol–water partition coefficient (Wildman–Crippen LogP) is 4.10. The van der Waals surface area contributed by atoms with E-state index in [0.29, 0.717) is 29.1 Å². The zero-order chi connectivity index (χ0) is 19.9. The summed E-state index contributed by atoms with van der Waals surface area (Å²) >= 11 is 5.97. The Bertz CT molecular complexity index is 1000. The lowest BCUT2D eigenvalue weighted by molar-refractivity contribution is 0.0706. The van der Waals surface area contributed by atoms with Gasteiger partial charge in [-0.25, -0.2) is 5.48 Å². The largest absolute Gasteiger partial charge is 0.352 e. The van der Waals surface area contributed by atoms with Crippen molar-refractivity contribution in [2.24, 2.45) is 0 Å². The van der Waals surface area contributed by atoms with E-state index in [-0.39, 0.29) is 5.91 Å². The minimum Gasteiger partial charge on any atom is -0.352 e. The normalized spacial score (nSPS) is 10.4. The number of carbonyl (C=O) groups excluding carboxylic acids is 2. The molecule has 0 heterocycles. The summed E-state index contributed by atoms with van der Waals surface area (Å²) in [5.74, 6) is -0.759. The molecular weight excluding hydrogens is 376 g/mol. The van der Waals surface area contributed by atoms with Crippen molar-refractivity contribution in [3.8, 4) is 11.1 Å². The molecule has 5 nitrogen and oxygen atoms in total. The van der Waals surface area contributed by atoms with E-state index < -0.39 is 5.91 Å². The molecule has 2 amide bonds. The van der Waals surface area contributed by atoms with Gasteiger partial charge in [0.1, 0.15) is 0 Å². The summed E-state index contributed by atoms with van der Waals surface area (Å²) in [6, 6.07) is 21.5. The van der Waals surface area contributed by atoms with Gasteiger partial charge in [-0.3, -0.25) is 14.8 Å². The summed E-state index contributed by atoms with van der Waals surface area (Å²) in [6.45, 7) is 0.496. The number of hydrogen-bond acceptors (Lipinski definition) is 3. The van der Waals surface area contributed by atoms with Gasteiger partial charge in [0.2, 0.25) is 0 Å². The standard InChI is InChI=1S/C22H19ClN2O3/c23-20-9-1-4-15(12-20)10-11-24-21(26)18-7-2-5-16(13-18)17-6-3-8-19(14-17)22(27)25-28/h1-9,12-14,28H,10-11H2,(H,24,26)(H,25,27). The molecule has 6 heteroatoms. The fourth-order valence-corrected chi connectivity index (χ4v) is 3.07. The molecule has 28 heavy (non-hydrogen) atoms. The number of nitrogens with one attached hydrogen (secondary N) is 2. The molecule has 0 aromatic heterocycles. The van der Waals surface area contributed by atoms with Crippen LogP contribution in [0.15, 0.2) is 72.8 Å². The number of amides is 2. The van der Waals surface area contributed by atoms with Crippen LogP contribution in [0.25, 0.3) is 11.1 Å². The van der Waals surface area contributed by atoms with Crippen LogP contribution in [0.1, 0.15) is 26.3 Å². The molecule has 3 aromatic carbocycles. The lowest BCUT2D eigenvalue weighted by atomic mass is 10.0. The predicted molar refractivity (Wildman–Crippen MR) is 109 cm³/mol. The van der Waals surface area contributed by atoms with Crippen molar-refractivity contribution >= 4 is 23.4 Å². The van der Waals surface area contributed by atoms with E-state index in [2.05, 4.69) is 5.32 Å². The average molecular weight is 395 g/mol. The van der Waals surface area contributed by atoms with Gasteiger partial charge in [0.25, 0.3) is 11.8 Å². The van der Waals surface area contributed by atoms with Gasteiger partial charge < -0.3 is 5.32 Å². The molecule has 0 saturated heterocycles. The summed E-state index contributed by atoms with van der Waals surface area (Å²) in [5, 5.41) is 12.4. The first-order valence-electron chi connectivity index (χ1n) is 8.74. The Balaban J connectivity index is 1.69. The van der Waals surface area contributed by atoms with E-state index in [0.717, 1.165) is 16.7 Å². The minimum atomic E-state index is -0.586. The summed E-state index contributed by atoms with van der Waals surface area (Å²) < 4.78 is 0. The molecule has 0 aliphatic heterocycles. The van der Waals surface area contributed by atoms with E-state index in [4.69, 9.17) is 16.8 Å². The fourth-order valence-electron chi connectivity index (χ4n) is 2.86. The molecule has 3 N–H and O–H groups in total. The van der Waals surface area contributed by atoms with Crippen LogP contribution >= 0.6 is 11.6 Å². The second kappa shape index (κ2) is 9.17. The molecule has 0 fully saturated rings. The zero-order valence-corrected chi connectivity index (χ0v) is 15.7. The smallest absolute Gasteiger partial charge is 0.274 e. The Hall–Kier alpha value is -3.15. The molecule has 142 valence electrons. The van der Waals surface area contributed by atoms with Crippen LogP contribution in [-0.2, 0) is 6.42 Å². The molecule has 0 saturated carbocycles. The van der Waals surface area contributed by atoms with Crippen molar-refractivity contribution in [3.05, 3.63) is 94.5 Å². The van der Waals surface area contributed by atoms with Gasteiger partial charge in [-0.2, -0.15) is 0 Å². The third kappa shape index (κ3) is 4.97. The van der Waals surface area contributed by atoms with Crippen molar-refractivity contribution in [2.45, 2.75) is 6.42 Å². The average Bonchev–Trinajstić information content (AvgIpc) is 2.73. The molecule has 0 atom stereocenters. The van der Waals surface area contributed by atoms with Crippen molar-refractivity contribution < 1.29 is 14.8 Å². The van der Waals surface area contributed by atoms with Crippen LogP contribution in [0.4, 0.5) is 0 Å². The maximum Gasteiger partial charge on any atom is 0.274 e. The van der Waals surface area contributed by atoms with Gasteiger partial charge in [0.05, 0.1) is 0 Å². The Kier molecular flexibility index (Phi) is 6.42. The van der Waals surface area contributed by atoms with Crippen LogP contribution in [0.5, 0.6) is 0 Å². The summed E-state index contributed by atoms with van der Waals surface area (Å²) in [6.07, 6.45) is 0.685. The highest BCUT2D eigenvalue weighted by molar-refractivity contribution is 6.30. The quantitative estimate of drug-likeness (QED) is 0.435. The van der Waals surface area contributed by atoms with Crippen LogP contribution in [0.2, 0.25) is 5.02 Å². The minimum absolute atomic E-state index is 0.173. The number of rotatable bonds is 6. The number of carbonyl (C=O) groups is 2. The van der Waals surface area contributed by atoms with Gasteiger partial charge in [-0.05, 0) is 59.5 Å². The fraction of sp³-hybridized carbons (Fsp3) is 0.0909. The van der Waals surface area contributed by atoms with Gasteiger partial charge in [0.15, 0.2) is 0 Å².